The molecular weight excluding hydrogens is 188 g/mol. The summed E-state index contributed by atoms with van der Waals surface area (Å²) < 4.78 is 5.24. The number of allylic oxidation sites excluding steroid dienone is 3. The second-order valence-corrected chi connectivity index (χ2v) is 3.05. The Morgan fingerprint density at radius 2 is 2.00 bits per heavy atom. The summed E-state index contributed by atoms with van der Waals surface area (Å²) in [4.78, 5) is 0. The third kappa shape index (κ3) is 5.03. The van der Waals surface area contributed by atoms with Gasteiger partial charge in [-0.25, -0.2) is 0 Å². The largest absolute Gasteiger partial charge is 0.461 e. The molecule has 1 unspecified atom stereocenters. The quantitative estimate of drug-likeness (QED) is 0.590. The fraction of sp³-hybridized carbons (Fsp3) is 0.231. The SMILES string of the molecule is C/C=C\C/C=C\C(O)Oc1ccccc1. The number of rotatable bonds is 5. The molecule has 2 nitrogen and oxygen atoms in total. The van der Waals surface area contributed by atoms with Crippen molar-refractivity contribution in [3.8, 4) is 5.75 Å². The van der Waals surface area contributed by atoms with Gasteiger partial charge >= 0.3 is 0 Å². The van der Waals surface area contributed by atoms with Crippen molar-refractivity contribution in [2.75, 3.05) is 0 Å². The maximum absolute atomic E-state index is 9.47. The lowest BCUT2D eigenvalue weighted by molar-refractivity contribution is 0.0246. The van der Waals surface area contributed by atoms with Crippen molar-refractivity contribution >= 4 is 0 Å². The molecule has 0 amide bonds. The molecule has 0 spiro atoms. The average Bonchev–Trinajstić information content (AvgIpc) is 2.26. The van der Waals surface area contributed by atoms with Crippen molar-refractivity contribution in [2.24, 2.45) is 0 Å². The van der Waals surface area contributed by atoms with E-state index in [4.69, 9.17) is 4.74 Å². The van der Waals surface area contributed by atoms with Gasteiger partial charge < -0.3 is 9.84 Å². The van der Waals surface area contributed by atoms with Crippen molar-refractivity contribution in [2.45, 2.75) is 19.6 Å². The van der Waals surface area contributed by atoms with Gasteiger partial charge in [0.15, 0.2) is 0 Å². The zero-order valence-electron chi connectivity index (χ0n) is 8.84. The monoisotopic (exact) mass is 204 g/mol. The maximum Gasteiger partial charge on any atom is 0.217 e. The number of hydrogen-bond donors (Lipinski definition) is 1. The minimum absolute atomic E-state index is 0.667. The Hall–Kier alpha value is -1.54. The van der Waals surface area contributed by atoms with Crippen LogP contribution in [0.5, 0.6) is 5.75 Å². The van der Waals surface area contributed by atoms with Gasteiger partial charge in [-0.05, 0) is 31.6 Å². The van der Waals surface area contributed by atoms with Crippen LogP contribution in [0.4, 0.5) is 0 Å². The second-order valence-electron chi connectivity index (χ2n) is 3.05. The fourth-order valence-corrected chi connectivity index (χ4v) is 1.09. The Morgan fingerprint density at radius 3 is 2.67 bits per heavy atom. The highest BCUT2D eigenvalue weighted by Gasteiger charge is 1.98. The van der Waals surface area contributed by atoms with Crippen LogP contribution in [0.3, 0.4) is 0 Å². The van der Waals surface area contributed by atoms with E-state index >= 15 is 0 Å². The molecule has 2 heteroatoms. The number of hydrogen-bond acceptors (Lipinski definition) is 2. The van der Waals surface area contributed by atoms with Crippen LogP contribution < -0.4 is 4.74 Å². The molecule has 0 aliphatic carbocycles. The van der Waals surface area contributed by atoms with Crippen LogP contribution in [0.25, 0.3) is 0 Å². The van der Waals surface area contributed by atoms with Gasteiger partial charge in [0, 0.05) is 0 Å². The lowest BCUT2D eigenvalue weighted by Gasteiger charge is -2.08. The van der Waals surface area contributed by atoms with Gasteiger partial charge in [-0.2, -0.15) is 0 Å². The fourth-order valence-electron chi connectivity index (χ4n) is 1.09. The lowest BCUT2D eigenvalue weighted by atomic mass is 10.3. The topological polar surface area (TPSA) is 29.5 Å². The number of para-hydroxylation sites is 1. The van der Waals surface area contributed by atoms with Gasteiger partial charge in [0.25, 0.3) is 0 Å². The molecule has 0 aliphatic heterocycles. The highest BCUT2D eigenvalue weighted by atomic mass is 16.6. The van der Waals surface area contributed by atoms with E-state index in [0.29, 0.717) is 5.75 Å². The van der Waals surface area contributed by atoms with Crippen molar-refractivity contribution in [3.63, 3.8) is 0 Å². The molecule has 0 fully saturated rings. The molecule has 1 aromatic carbocycles. The van der Waals surface area contributed by atoms with Crippen LogP contribution in [-0.4, -0.2) is 11.4 Å². The molecule has 80 valence electrons. The summed E-state index contributed by atoms with van der Waals surface area (Å²) in [6.07, 6.45) is 7.41. The van der Waals surface area contributed by atoms with Gasteiger partial charge in [-0.3, -0.25) is 0 Å². The van der Waals surface area contributed by atoms with Gasteiger partial charge in [-0.1, -0.05) is 36.4 Å². The third-order valence-electron chi connectivity index (χ3n) is 1.81. The Bertz CT molecular complexity index is 315. The molecular formula is C13H16O2. The number of aliphatic hydroxyl groups is 1. The predicted molar refractivity (Wildman–Crippen MR) is 61.6 cm³/mol. The van der Waals surface area contributed by atoms with Crippen LogP contribution in [0.2, 0.25) is 0 Å². The van der Waals surface area contributed by atoms with Gasteiger partial charge in [0.2, 0.25) is 6.29 Å². The summed E-state index contributed by atoms with van der Waals surface area (Å²) in [6, 6.07) is 9.25. The summed E-state index contributed by atoms with van der Waals surface area (Å²) in [6.45, 7) is 1.96. The summed E-state index contributed by atoms with van der Waals surface area (Å²) in [7, 11) is 0. The van der Waals surface area contributed by atoms with E-state index in [9.17, 15) is 5.11 Å². The first-order chi connectivity index (χ1) is 7.33. The van der Waals surface area contributed by atoms with Crippen LogP contribution in [0, 0.1) is 0 Å². The molecule has 0 saturated carbocycles. The van der Waals surface area contributed by atoms with Gasteiger partial charge in [-0.15, -0.1) is 0 Å². The minimum Gasteiger partial charge on any atom is -0.461 e. The summed E-state index contributed by atoms with van der Waals surface area (Å²) in [5, 5.41) is 9.47. The zero-order chi connectivity index (χ0) is 10.9. The molecule has 0 saturated heterocycles. The minimum atomic E-state index is -0.877. The molecule has 0 radical (unpaired) electrons. The number of ether oxygens (including phenoxy) is 1. The van der Waals surface area contributed by atoms with Crippen LogP contribution in [0.1, 0.15) is 13.3 Å². The summed E-state index contributed by atoms with van der Waals surface area (Å²) in [5.41, 5.74) is 0. The van der Waals surface area contributed by atoms with Crippen molar-refractivity contribution in [1.82, 2.24) is 0 Å². The van der Waals surface area contributed by atoms with Crippen LogP contribution in [-0.2, 0) is 0 Å². The molecule has 1 atom stereocenters. The van der Waals surface area contributed by atoms with E-state index in [1.807, 2.05) is 55.5 Å². The smallest absolute Gasteiger partial charge is 0.217 e. The lowest BCUT2D eigenvalue weighted by Crippen LogP contribution is -2.11. The molecule has 15 heavy (non-hydrogen) atoms. The first-order valence-electron chi connectivity index (χ1n) is 5.00. The Labute approximate surface area is 90.5 Å². The molecule has 1 rings (SSSR count). The molecule has 1 aromatic rings. The normalized spacial score (nSPS) is 13.5. The molecule has 0 heterocycles. The van der Waals surface area contributed by atoms with E-state index < -0.39 is 6.29 Å². The van der Waals surface area contributed by atoms with Crippen LogP contribution in [0.15, 0.2) is 54.6 Å². The van der Waals surface area contributed by atoms with Crippen molar-refractivity contribution < 1.29 is 9.84 Å². The predicted octanol–water partition coefficient (Wildman–Crippen LogP) is 2.91. The van der Waals surface area contributed by atoms with E-state index in [0.717, 1.165) is 6.42 Å². The van der Waals surface area contributed by atoms with E-state index in [2.05, 4.69) is 0 Å². The number of benzene rings is 1. The first-order valence-corrected chi connectivity index (χ1v) is 5.00. The zero-order valence-corrected chi connectivity index (χ0v) is 8.84. The van der Waals surface area contributed by atoms with Crippen LogP contribution >= 0.6 is 0 Å². The van der Waals surface area contributed by atoms with Gasteiger partial charge in [0.1, 0.15) is 5.75 Å². The molecule has 0 aliphatic rings. The molecule has 0 aromatic heterocycles. The Morgan fingerprint density at radius 1 is 1.27 bits per heavy atom. The standard InChI is InChI=1S/C13H16O2/c1-2-3-4-8-11-13(14)15-12-9-6-5-7-10-12/h2-3,5-11,13-14H,4H2,1H3/b3-2-,11-8-. The number of aliphatic hydroxyl groups excluding tert-OH is 1. The van der Waals surface area contributed by atoms with E-state index in [1.165, 1.54) is 0 Å². The molecule has 0 bridgehead atoms. The maximum atomic E-state index is 9.47. The van der Waals surface area contributed by atoms with Crippen molar-refractivity contribution in [1.29, 1.82) is 0 Å². The third-order valence-corrected chi connectivity index (χ3v) is 1.81. The summed E-state index contributed by atoms with van der Waals surface area (Å²) >= 11 is 0. The Kier molecular flexibility index (Phi) is 5.26. The second kappa shape index (κ2) is 6.85. The molecule has 1 N–H and O–H groups in total. The highest BCUT2D eigenvalue weighted by Crippen LogP contribution is 2.10. The Balaban J connectivity index is 2.36. The highest BCUT2D eigenvalue weighted by molar-refractivity contribution is 5.21. The first kappa shape index (κ1) is 11.5. The van der Waals surface area contributed by atoms with Gasteiger partial charge in [0.05, 0.1) is 0 Å². The summed E-state index contributed by atoms with van der Waals surface area (Å²) in [5.74, 6) is 0.667. The van der Waals surface area contributed by atoms with E-state index in [1.54, 1.807) is 6.08 Å². The van der Waals surface area contributed by atoms with Crippen molar-refractivity contribution in [3.05, 3.63) is 54.6 Å². The average molecular weight is 204 g/mol. The van der Waals surface area contributed by atoms with E-state index in [-0.39, 0.29) is 0 Å².